The third kappa shape index (κ3) is 5.51. The van der Waals surface area contributed by atoms with Crippen molar-refractivity contribution in [2.75, 3.05) is 31.7 Å². The summed E-state index contributed by atoms with van der Waals surface area (Å²) in [6.45, 7) is 2.56. The van der Waals surface area contributed by atoms with Crippen LogP contribution in [-0.4, -0.2) is 59.5 Å². The molecule has 2 aliphatic rings. The number of ether oxygens (including phenoxy) is 2. The summed E-state index contributed by atoms with van der Waals surface area (Å²) in [4.78, 5) is 32.2. The van der Waals surface area contributed by atoms with Crippen LogP contribution in [0, 0.1) is 5.82 Å². The number of likely N-dealkylation sites (N-methyl/N-ethyl adjacent to an activating group) is 1. The summed E-state index contributed by atoms with van der Waals surface area (Å²) < 4.78 is 32.0. The summed E-state index contributed by atoms with van der Waals surface area (Å²) in [5, 5.41) is 7.91. The van der Waals surface area contributed by atoms with Gasteiger partial charge in [0.15, 0.2) is 17.2 Å². The van der Waals surface area contributed by atoms with Crippen LogP contribution in [0.2, 0.25) is 5.15 Å². The minimum atomic E-state index is -0.646. The number of oxazole rings is 1. The SMILES string of the molecule is CCOC(=O)c1nn(Cc2ccc(F)cc2)c(Cl)c1CCN[C@H]1COc2cc3nc(C4CC4)oc3cc2N(C)C1=O. The van der Waals surface area contributed by atoms with Crippen molar-refractivity contribution in [2.45, 2.75) is 44.7 Å². The number of nitrogens with zero attached hydrogens (tertiary/aromatic N) is 4. The Morgan fingerprint density at radius 2 is 2.02 bits per heavy atom. The fraction of sp³-hybridized carbons (Fsp3) is 0.379. The molecule has 0 bridgehead atoms. The Morgan fingerprint density at radius 1 is 1.24 bits per heavy atom. The number of hydrogen-bond acceptors (Lipinski definition) is 8. The molecule has 2 aromatic carbocycles. The van der Waals surface area contributed by atoms with Crippen molar-refractivity contribution in [3.8, 4) is 5.75 Å². The average Bonchev–Trinajstić information content (AvgIpc) is 3.68. The maximum atomic E-state index is 13.4. The smallest absolute Gasteiger partial charge is 0.359 e. The van der Waals surface area contributed by atoms with Gasteiger partial charge in [0.1, 0.15) is 34.9 Å². The maximum absolute atomic E-state index is 13.4. The molecule has 0 unspecified atom stereocenters. The number of anilines is 1. The van der Waals surface area contributed by atoms with E-state index in [0.29, 0.717) is 47.0 Å². The normalized spacial score (nSPS) is 16.9. The highest BCUT2D eigenvalue weighted by Gasteiger charge is 2.32. The number of rotatable bonds is 9. The molecule has 2 aromatic heterocycles. The quantitative estimate of drug-likeness (QED) is 0.288. The van der Waals surface area contributed by atoms with Crippen LogP contribution in [-0.2, 0) is 22.5 Å². The number of aromatic nitrogens is 3. The van der Waals surface area contributed by atoms with E-state index in [0.717, 1.165) is 24.3 Å². The summed E-state index contributed by atoms with van der Waals surface area (Å²) in [7, 11) is 1.70. The first kappa shape index (κ1) is 27.2. The second kappa shape index (κ2) is 11.1. The maximum Gasteiger partial charge on any atom is 0.359 e. The van der Waals surface area contributed by atoms with E-state index in [1.165, 1.54) is 16.8 Å². The number of carbonyl (C=O) groups is 2. The summed E-state index contributed by atoms with van der Waals surface area (Å²) in [6.07, 6.45) is 2.46. The van der Waals surface area contributed by atoms with Gasteiger partial charge in [0.05, 0.1) is 18.8 Å². The van der Waals surface area contributed by atoms with Crippen molar-refractivity contribution in [3.63, 3.8) is 0 Å². The molecule has 0 saturated heterocycles. The Kier molecular flexibility index (Phi) is 7.39. The fourth-order valence-corrected chi connectivity index (χ4v) is 5.17. The Labute approximate surface area is 240 Å². The summed E-state index contributed by atoms with van der Waals surface area (Å²) in [5.74, 6) is 0.559. The van der Waals surface area contributed by atoms with E-state index in [4.69, 9.17) is 25.5 Å². The van der Waals surface area contributed by atoms with E-state index in [2.05, 4.69) is 15.4 Å². The van der Waals surface area contributed by atoms with Crippen molar-refractivity contribution in [2.24, 2.45) is 0 Å². The number of carbonyl (C=O) groups excluding carboxylic acids is 2. The van der Waals surface area contributed by atoms with E-state index in [9.17, 15) is 14.0 Å². The first-order valence-electron chi connectivity index (χ1n) is 13.6. The molecule has 12 heteroatoms. The van der Waals surface area contributed by atoms with Gasteiger partial charge in [-0.3, -0.25) is 4.79 Å². The highest BCUT2D eigenvalue weighted by molar-refractivity contribution is 6.30. The van der Waals surface area contributed by atoms with Crippen LogP contribution in [0.15, 0.2) is 40.8 Å². The van der Waals surface area contributed by atoms with Gasteiger partial charge < -0.3 is 24.1 Å². The zero-order chi connectivity index (χ0) is 28.7. The number of esters is 1. The van der Waals surface area contributed by atoms with Crippen LogP contribution in [0.4, 0.5) is 10.1 Å². The first-order valence-corrected chi connectivity index (χ1v) is 13.9. The first-order chi connectivity index (χ1) is 19.8. The van der Waals surface area contributed by atoms with Crippen molar-refractivity contribution in [3.05, 3.63) is 70.1 Å². The van der Waals surface area contributed by atoms with Gasteiger partial charge in [-0.2, -0.15) is 5.10 Å². The minimum Gasteiger partial charge on any atom is -0.489 e. The molecule has 6 rings (SSSR count). The van der Waals surface area contributed by atoms with Crippen LogP contribution in [0.25, 0.3) is 11.1 Å². The van der Waals surface area contributed by atoms with E-state index in [-0.39, 0.29) is 42.3 Å². The summed E-state index contributed by atoms with van der Waals surface area (Å²) in [5.41, 5.74) is 3.31. The topological polar surface area (TPSA) is 112 Å². The lowest BCUT2D eigenvalue weighted by atomic mass is 10.1. The molecule has 10 nitrogen and oxygen atoms in total. The third-order valence-electron chi connectivity index (χ3n) is 7.27. The van der Waals surface area contributed by atoms with Gasteiger partial charge in [0.2, 0.25) is 5.91 Å². The molecular weight excluding hydrogens is 553 g/mol. The standard InChI is InChI=1S/C29H29ClFN5O5/c1-3-39-29(38)25-19(26(30)36(34-25)14-16-4-8-18(31)9-5-16)10-11-32-21-15-40-24-12-20-23(13-22(24)35(2)28(21)37)41-27(33-20)17-6-7-17/h4-5,8-9,12-13,17,21,32H,3,6-7,10-11,14-15H2,1-2H3/t21-/m0/s1. The van der Waals surface area contributed by atoms with Gasteiger partial charge in [-0.1, -0.05) is 23.7 Å². The van der Waals surface area contributed by atoms with E-state index in [1.807, 2.05) is 6.07 Å². The molecule has 0 radical (unpaired) electrons. The number of benzene rings is 2. The van der Waals surface area contributed by atoms with Crippen LogP contribution < -0.4 is 15.0 Å². The van der Waals surface area contributed by atoms with Crippen LogP contribution in [0.3, 0.4) is 0 Å². The lowest BCUT2D eigenvalue weighted by Gasteiger charge is -2.20. The van der Waals surface area contributed by atoms with Crippen molar-refractivity contribution in [1.82, 2.24) is 20.1 Å². The Hall–Kier alpha value is -3.96. The lowest BCUT2D eigenvalue weighted by Crippen LogP contribution is -2.47. The predicted octanol–water partition coefficient (Wildman–Crippen LogP) is 4.48. The summed E-state index contributed by atoms with van der Waals surface area (Å²) in [6, 6.07) is 8.92. The van der Waals surface area contributed by atoms with Crippen LogP contribution >= 0.6 is 11.6 Å². The average molecular weight is 582 g/mol. The molecule has 214 valence electrons. The molecule has 1 aliphatic carbocycles. The monoisotopic (exact) mass is 581 g/mol. The molecule has 1 atom stereocenters. The molecule has 1 saturated carbocycles. The molecule has 1 fully saturated rings. The van der Waals surface area contributed by atoms with Gasteiger partial charge in [0, 0.05) is 37.2 Å². The fourth-order valence-electron chi connectivity index (χ4n) is 4.89. The van der Waals surface area contributed by atoms with Gasteiger partial charge in [0.25, 0.3) is 0 Å². The molecule has 3 heterocycles. The largest absolute Gasteiger partial charge is 0.489 e. The number of fused-ring (bicyclic) bond motifs is 2. The number of hydrogen-bond donors (Lipinski definition) is 1. The Bertz CT molecular complexity index is 1610. The minimum absolute atomic E-state index is 0.106. The third-order valence-corrected chi connectivity index (χ3v) is 7.69. The van der Waals surface area contributed by atoms with Crippen LogP contribution in [0.5, 0.6) is 5.75 Å². The second-order valence-electron chi connectivity index (χ2n) is 10.2. The zero-order valence-electron chi connectivity index (χ0n) is 22.7. The molecule has 1 aliphatic heterocycles. The molecule has 0 spiro atoms. The zero-order valence-corrected chi connectivity index (χ0v) is 23.4. The van der Waals surface area contributed by atoms with Gasteiger partial charge in [-0.05, 0) is 43.9 Å². The van der Waals surface area contributed by atoms with Crippen molar-refractivity contribution < 1.29 is 27.9 Å². The number of nitrogens with one attached hydrogen (secondary N) is 1. The predicted molar refractivity (Wildman–Crippen MR) is 149 cm³/mol. The molecule has 1 amide bonds. The van der Waals surface area contributed by atoms with E-state index in [1.54, 1.807) is 37.1 Å². The van der Waals surface area contributed by atoms with E-state index >= 15 is 0 Å². The van der Waals surface area contributed by atoms with Crippen molar-refractivity contribution >= 4 is 40.3 Å². The van der Waals surface area contributed by atoms with E-state index < -0.39 is 12.0 Å². The number of halogens is 2. The molecular formula is C29H29ClFN5O5. The van der Waals surface area contributed by atoms with Crippen molar-refractivity contribution in [1.29, 1.82) is 0 Å². The molecule has 41 heavy (non-hydrogen) atoms. The van der Waals surface area contributed by atoms with Gasteiger partial charge in [-0.15, -0.1) is 0 Å². The molecule has 1 N–H and O–H groups in total. The summed E-state index contributed by atoms with van der Waals surface area (Å²) >= 11 is 6.67. The Morgan fingerprint density at radius 3 is 2.76 bits per heavy atom. The Balaban J connectivity index is 1.16. The van der Waals surface area contributed by atoms with Gasteiger partial charge >= 0.3 is 5.97 Å². The van der Waals surface area contributed by atoms with Gasteiger partial charge in [-0.25, -0.2) is 18.9 Å². The molecule has 4 aromatic rings. The highest BCUT2D eigenvalue weighted by atomic mass is 35.5. The number of amides is 1. The highest BCUT2D eigenvalue weighted by Crippen LogP contribution is 2.42. The lowest BCUT2D eigenvalue weighted by molar-refractivity contribution is -0.120. The van der Waals surface area contributed by atoms with Crippen LogP contribution in [0.1, 0.15) is 53.2 Å². The second-order valence-corrected chi connectivity index (χ2v) is 10.6.